The smallest absolute Gasteiger partial charge is 0.322 e. The maximum atomic E-state index is 13.2. The van der Waals surface area contributed by atoms with Crippen molar-refractivity contribution in [2.24, 2.45) is 0 Å². The van der Waals surface area contributed by atoms with Crippen molar-refractivity contribution < 1.29 is 14.3 Å². The van der Waals surface area contributed by atoms with E-state index in [-0.39, 0.29) is 12.1 Å². The van der Waals surface area contributed by atoms with Gasteiger partial charge in [-0.2, -0.15) is 0 Å². The molecular weight excluding hydrogens is 366 g/mol. The van der Waals surface area contributed by atoms with Crippen LogP contribution in [0.1, 0.15) is 24.2 Å². The minimum atomic E-state index is -0.160. The van der Waals surface area contributed by atoms with E-state index < -0.39 is 0 Å². The van der Waals surface area contributed by atoms with Crippen molar-refractivity contribution in [3.05, 3.63) is 78.1 Å². The number of carbonyl (C=O) groups is 1. The lowest BCUT2D eigenvalue weighted by molar-refractivity contribution is 0.182. The van der Waals surface area contributed by atoms with Gasteiger partial charge < -0.3 is 24.3 Å². The van der Waals surface area contributed by atoms with E-state index in [4.69, 9.17) is 9.47 Å². The summed E-state index contributed by atoms with van der Waals surface area (Å²) in [5.41, 5.74) is 2.89. The summed E-state index contributed by atoms with van der Waals surface area (Å²) in [5, 5.41) is 3.02. The van der Waals surface area contributed by atoms with Gasteiger partial charge in [-0.25, -0.2) is 4.79 Å². The molecule has 2 aromatic carbocycles. The van der Waals surface area contributed by atoms with Crippen LogP contribution < -0.4 is 14.8 Å². The molecule has 2 heterocycles. The van der Waals surface area contributed by atoms with Gasteiger partial charge in [0.25, 0.3) is 0 Å². The van der Waals surface area contributed by atoms with Crippen LogP contribution in [0.5, 0.6) is 11.5 Å². The molecule has 29 heavy (non-hydrogen) atoms. The first-order valence-electron chi connectivity index (χ1n) is 9.79. The Morgan fingerprint density at radius 1 is 1.03 bits per heavy atom. The number of urea groups is 1. The Hall–Kier alpha value is -3.41. The first-order valence-corrected chi connectivity index (χ1v) is 9.79. The van der Waals surface area contributed by atoms with E-state index in [1.807, 2.05) is 66.4 Å². The molecule has 0 radical (unpaired) electrons. The normalized spacial score (nSPS) is 15.5. The maximum Gasteiger partial charge on any atom is 0.322 e. The highest BCUT2D eigenvalue weighted by molar-refractivity contribution is 5.90. The van der Waals surface area contributed by atoms with Crippen LogP contribution in [-0.4, -0.2) is 35.8 Å². The third kappa shape index (κ3) is 3.92. The number of nitrogens with one attached hydrogen (secondary N) is 1. The minimum Gasteiger partial charge on any atom is -0.497 e. The average molecular weight is 391 g/mol. The summed E-state index contributed by atoms with van der Waals surface area (Å²) in [6, 6.07) is 19.2. The molecule has 0 saturated carbocycles. The maximum absolute atomic E-state index is 13.2. The number of nitrogens with zero attached hydrogens (tertiary/aromatic N) is 2. The van der Waals surface area contributed by atoms with Gasteiger partial charge in [0.2, 0.25) is 0 Å². The molecule has 1 aliphatic heterocycles. The highest BCUT2D eigenvalue weighted by Crippen LogP contribution is 2.33. The van der Waals surface area contributed by atoms with Gasteiger partial charge >= 0.3 is 6.03 Å². The highest BCUT2D eigenvalue weighted by atomic mass is 16.5. The minimum absolute atomic E-state index is 0.123. The van der Waals surface area contributed by atoms with Crippen LogP contribution in [0, 0.1) is 0 Å². The number of fused-ring (bicyclic) bond motifs is 1. The van der Waals surface area contributed by atoms with Gasteiger partial charge in [-0.1, -0.05) is 12.1 Å². The Balaban J connectivity index is 1.59. The average Bonchev–Trinajstić information content (AvgIpc) is 3.23. The van der Waals surface area contributed by atoms with Gasteiger partial charge in [0.15, 0.2) is 0 Å². The molecule has 0 aliphatic carbocycles. The second-order valence-electron chi connectivity index (χ2n) is 6.88. The summed E-state index contributed by atoms with van der Waals surface area (Å²) in [5.74, 6) is 1.59. The monoisotopic (exact) mass is 391 g/mol. The van der Waals surface area contributed by atoms with E-state index in [9.17, 15) is 4.79 Å². The Bertz CT molecular complexity index is 964. The summed E-state index contributed by atoms with van der Waals surface area (Å²) in [4.78, 5) is 15.0. The van der Waals surface area contributed by atoms with Crippen LogP contribution in [0.2, 0.25) is 0 Å². The van der Waals surface area contributed by atoms with E-state index >= 15 is 0 Å². The fourth-order valence-electron chi connectivity index (χ4n) is 3.74. The molecule has 0 bridgehead atoms. The molecule has 0 saturated heterocycles. The zero-order valence-electron chi connectivity index (χ0n) is 16.7. The Morgan fingerprint density at radius 3 is 2.45 bits per heavy atom. The number of benzene rings is 2. The number of hydrogen-bond donors (Lipinski definition) is 1. The number of aromatic nitrogens is 1. The molecule has 1 atom stereocenters. The van der Waals surface area contributed by atoms with Crippen molar-refractivity contribution in [3.63, 3.8) is 0 Å². The molecule has 6 nitrogen and oxygen atoms in total. The van der Waals surface area contributed by atoms with Crippen molar-refractivity contribution >= 4 is 11.7 Å². The van der Waals surface area contributed by atoms with Crippen molar-refractivity contribution in [3.8, 4) is 11.5 Å². The van der Waals surface area contributed by atoms with Crippen LogP contribution in [-0.2, 0) is 6.54 Å². The third-order valence-corrected chi connectivity index (χ3v) is 5.15. The van der Waals surface area contributed by atoms with Crippen molar-refractivity contribution in [1.29, 1.82) is 0 Å². The van der Waals surface area contributed by atoms with Gasteiger partial charge in [-0.15, -0.1) is 0 Å². The van der Waals surface area contributed by atoms with Crippen LogP contribution >= 0.6 is 0 Å². The number of carbonyl (C=O) groups excluding carboxylic acids is 1. The lowest BCUT2D eigenvalue weighted by Crippen LogP contribution is -2.44. The molecule has 1 N–H and O–H groups in total. The third-order valence-electron chi connectivity index (χ3n) is 5.15. The van der Waals surface area contributed by atoms with E-state index in [0.717, 1.165) is 35.0 Å². The van der Waals surface area contributed by atoms with E-state index in [1.165, 1.54) is 0 Å². The Morgan fingerprint density at radius 2 is 1.76 bits per heavy atom. The predicted molar refractivity (Wildman–Crippen MR) is 113 cm³/mol. The quantitative estimate of drug-likeness (QED) is 0.695. The second kappa shape index (κ2) is 8.31. The number of amides is 2. The number of hydrogen-bond acceptors (Lipinski definition) is 3. The summed E-state index contributed by atoms with van der Waals surface area (Å²) in [6.45, 7) is 3.96. The van der Waals surface area contributed by atoms with Gasteiger partial charge in [0, 0.05) is 30.7 Å². The van der Waals surface area contributed by atoms with Crippen LogP contribution in [0.15, 0.2) is 66.9 Å². The molecule has 1 aliphatic rings. The zero-order valence-corrected chi connectivity index (χ0v) is 16.7. The number of methoxy groups -OCH3 is 1. The van der Waals surface area contributed by atoms with Crippen LogP contribution in [0.4, 0.5) is 10.5 Å². The van der Waals surface area contributed by atoms with E-state index in [1.54, 1.807) is 7.11 Å². The summed E-state index contributed by atoms with van der Waals surface area (Å²) >= 11 is 0. The number of ether oxygens (including phenoxy) is 2. The first-order chi connectivity index (χ1) is 14.2. The Kier molecular flexibility index (Phi) is 5.42. The molecular formula is C23H25N3O3. The van der Waals surface area contributed by atoms with Crippen molar-refractivity contribution in [2.45, 2.75) is 19.5 Å². The molecule has 3 aromatic rings. The fourth-order valence-corrected chi connectivity index (χ4v) is 3.74. The molecule has 0 unspecified atom stereocenters. The first kappa shape index (κ1) is 18.9. The van der Waals surface area contributed by atoms with E-state index in [0.29, 0.717) is 13.2 Å². The molecule has 0 fully saturated rings. The topological polar surface area (TPSA) is 55.7 Å². The van der Waals surface area contributed by atoms with Gasteiger partial charge in [0.05, 0.1) is 19.8 Å². The molecule has 6 heteroatoms. The molecule has 4 rings (SSSR count). The van der Waals surface area contributed by atoms with Gasteiger partial charge in [-0.3, -0.25) is 0 Å². The number of anilines is 1. The Labute approximate surface area is 170 Å². The molecule has 2 amide bonds. The largest absolute Gasteiger partial charge is 0.497 e. The lowest BCUT2D eigenvalue weighted by atomic mass is 10.00. The van der Waals surface area contributed by atoms with Crippen molar-refractivity contribution in [2.75, 3.05) is 25.6 Å². The second-order valence-corrected chi connectivity index (χ2v) is 6.88. The molecule has 150 valence electrons. The standard InChI is InChI=1S/C23H25N3O3/c1-3-29-20-12-8-18(9-13-20)24-23(27)26-16-15-25-14-4-5-21(25)22(26)17-6-10-19(28-2)11-7-17/h4-14,22H,3,15-16H2,1-2H3,(H,24,27)/t22-/m1/s1. The fraction of sp³-hybridized carbons (Fsp3) is 0.261. The van der Waals surface area contributed by atoms with Gasteiger partial charge in [0.1, 0.15) is 11.5 Å². The van der Waals surface area contributed by atoms with Gasteiger partial charge in [-0.05, 0) is 61.0 Å². The number of rotatable bonds is 5. The molecule has 1 aromatic heterocycles. The summed E-state index contributed by atoms with van der Waals surface area (Å²) < 4.78 is 13.0. The predicted octanol–water partition coefficient (Wildman–Crippen LogP) is 4.53. The lowest BCUT2D eigenvalue weighted by Gasteiger charge is -2.37. The highest BCUT2D eigenvalue weighted by Gasteiger charge is 2.32. The van der Waals surface area contributed by atoms with Crippen LogP contribution in [0.25, 0.3) is 0 Å². The SMILES string of the molecule is CCOc1ccc(NC(=O)N2CCn3cccc3[C@H]2c2ccc(OC)cc2)cc1. The van der Waals surface area contributed by atoms with E-state index in [2.05, 4.69) is 22.1 Å². The van der Waals surface area contributed by atoms with Crippen LogP contribution in [0.3, 0.4) is 0 Å². The summed E-state index contributed by atoms with van der Waals surface area (Å²) in [6.07, 6.45) is 2.06. The zero-order chi connectivity index (χ0) is 20.2. The molecule has 0 spiro atoms. The van der Waals surface area contributed by atoms with Crippen molar-refractivity contribution in [1.82, 2.24) is 9.47 Å². The summed E-state index contributed by atoms with van der Waals surface area (Å²) in [7, 11) is 1.65.